The van der Waals surface area contributed by atoms with Gasteiger partial charge in [-0.05, 0) is 38.3 Å². The van der Waals surface area contributed by atoms with E-state index in [0.717, 1.165) is 25.9 Å². The Morgan fingerprint density at radius 3 is 2.33 bits per heavy atom. The summed E-state index contributed by atoms with van der Waals surface area (Å²) in [4.78, 5) is 15.7. The van der Waals surface area contributed by atoms with E-state index in [1.54, 1.807) is 0 Å². The standard InChI is InChI=1S/C11H19ClN2O/c1-13-5-2-11(9-13)3-6-14(7-4-11)10(15)8-12/h2-9H2,1H3. The molecule has 2 aliphatic heterocycles. The monoisotopic (exact) mass is 230 g/mol. The van der Waals surface area contributed by atoms with Gasteiger partial charge in [-0.1, -0.05) is 0 Å². The van der Waals surface area contributed by atoms with E-state index in [0.29, 0.717) is 5.41 Å². The van der Waals surface area contributed by atoms with Gasteiger partial charge in [-0.2, -0.15) is 0 Å². The van der Waals surface area contributed by atoms with Crippen molar-refractivity contribution in [2.75, 3.05) is 39.1 Å². The molecule has 3 nitrogen and oxygen atoms in total. The SMILES string of the molecule is CN1CCC2(CCN(C(=O)CCl)CC2)C1. The van der Waals surface area contributed by atoms with Crippen molar-refractivity contribution in [3.05, 3.63) is 0 Å². The largest absolute Gasteiger partial charge is 0.342 e. The Morgan fingerprint density at radius 2 is 1.87 bits per heavy atom. The number of carbonyl (C=O) groups is 1. The van der Waals surface area contributed by atoms with E-state index in [2.05, 4.69) is 11.9 Å². The van der Waals surface area contributed by atoms with Gasteiger partial charge in [0.25, 0.3) is 0 Å². The third-order valence-corrected chi connectivity index (χ3v) is 4.15. The number of amides is 1. The van der Waals surface area contributed by atoms with Crippen LogP contribution in [-0.2, 0) is 4.79 Å². The number of hydrogen-bond donors (Lipinski definition) is 0. The summed E-state index contributed by atoms with van der Waals surface area (Å²) in [5.41, 5.74) is 0.498. The molecule has 0 aromatic heterocycles. The van der Waals surface area contributed by atoms with E-state index in [4.69, 9.17) is 11.6 Å². The summed E-state index contributed by atoms with van der Waals surface area (Å²) in [6.07, 6.45) is 3.60. The molecule has 2 rings (SSSR count). The van der Waals surface area contributed by atoms with Gasteiger partial charge in [0.1, 0.15) is 5.88 Å². The Bertz CT molecular complexity index is 249. The summed E-state index contributed by atoms with van der Waals surface area (Å²) >= 11 is 5.56. The highest BCUT2D eigenvalue weighted by molar-refractivity contribution is 6.27. The van der Waals surface area contributed by atoms with Crippen LogP contribution in [-0.4, -0.2) is 54.8 Å². The maximum absolute atomic E-state index is 11.4. The van der Waals surface area contributed by atoms with E-state index < -0.39 is 0 Å². The number of nitrogens with zero attached hydrogens (tertiary/aromatic N) is 2. The van der Waals surface area contributed by atoms with Crippen LogP contribution in [0.3, 0.4) is 0 Å². The highest BCUT2D eigenvalue weighted by atomic mass is 35.5. The van der Waals surface area contributed by atoms with Crippen molar-refractivity contribution in [1.82, 2.24) is 9.80 Å². The second-order valence-corrected chi connectivity index (χ2v) is 5.27. The third-order valence-electron chi connectivity index (χ3n) is 3.92. The van der Waals surface area contributed by atoms with Crippen molar-refractivity contribution in [1.29, 1.82) is 0 Å². The van der Waals surface area contributed by atoms with Crippen LogP contribution in [0.5, 0.6) is 0 Å². The number of rotatable bonds is 1. The zero-order valence-electron chi connectivity index (χ0n) is 9.34. The lowest BCUT2D eigenvalue weighted by atomic mass is 9.78. The van der Waals surface area contributed by atoms with Crippen LogP contribution in [0.2, 0.25) is 0 Å². The molecule has 86 valence electrons. The number of likely N-dealkylation sites (tertiary alicyclic amines) is 2. The Kier molecular flexibility index (Phi) is 3.21. The first kappa shape index (κ1) is 11.2. The topological polar surface area (TPSA) is 23.6 Å². The molecule has 0 radical (unpaired) electrons. The van der Waals surface area contributed by atoms with Gasteiger partial charge in [0.2, 0.25) is 5.91 Å². The van der Waals surface area contributed by atoms with E-state index in [-0.39, 0.29) is 11.8 Å². The van der Waals surface area contributed by atoms with Crippen LogP contribution in [0.25, 0.3) is 0 Å². The molecule has 1 amide bonds. The quantitative estimate of drug-likeness (QED) is 0.632. The molecule has 0 aromatic rings. The lowest BCUT2D eigenvalue weighted by Crippen LogP contribution is -2.44. The van der Waals surface area contributed by atoms with Gasteiger partial charge >= 0.3 is 0 Å². The van der Waals surface area contributed by atoms with Crippen molar-refractivity contribution in [2.45, 2.75) is 19.3 Å². The van der Waals surface area contributed by atoms with Crippen LogP contribution >= 0.6 is 11.6 Å². The van der Waals surface area contributed by atoms with E-state index in [1.807, 2.05) is 4.90 Å². The molecular formula is C11H19ClN2O. The Balaban J connectivity index is 1.89. The Labute approximate surface area is 96.4 Å². The molecule has 4 heteroatoms. The number of alkyl halides is 1. The molecule has 0 aromatic carbocycles. The molecule has 2 heterocycles. The second kappa shape index (κ2) is 4.30. The summed E-state index contributed by atoms with van der Waals surface area (Å²) in [5, 5.41) is 0. The summed E-state index contributed by atoms with van der Waals surface area (Å²) in [6.45, 7) is 4.22. The fraction of sp³-hybridized carbons (Fsp3) is 0.909. The molecule has 0 atom stereocenters. The maximum atomic E-state index is 11.4. The molecule has 2 fully saturated rings. The first-order chi connectivity index (χ1) is 7.15. The molecule has 0 saturated carbocycles. The predicted molar refractivity (Wildman–Crippen MR) is 61.1 cm³/mol. The molecule has 2 aliphatic rings. The molecule has 0 N–H and O–H groups in total. The zero-order valence-corrected chi connectivity index (χ0v) is 10.1. The third kappa shape index (κ3) is 2.28. The van der Waals surface area contributed by atoms with Crippen molar-refractivity contribution >= 4 is 17.5 Å². The number of halogens is 1. The van der Waals surface area contributed by atoms with Crippen LogP contribution in [0.15, 0.2) is 0 Å². The molecule has 0 aliphatic carbocycles. The van der Waals surface area contributed by atoms with E-state index in [9.17, 15) is 4.79 Å². The van der Waals surface area contributed by atoms with Gasteiger partial charge in [0, 0.05) is 19.6 Å². The Morgan fingerprint density at radius 1 is 1.27 bits per heavy atom. The summed E-state index contributed by atoms with van der Waals surface area (Å²) in [6, 6.07) is 0. The molecule has 0 unspecified atom stereocenters. The summed E-state index contributed by atoms with van der Waals surface area (Å²) in [7, 11) is 2.19. The number of carbonyl (C=O) groups excluding carboxylic acids is 1. The van der Waals surface area contributed by atoms with Gasteiger partial charge in [0.05, 0.1) is 0 Å². The smallest absolute Gasteiger partial charge is 0.237 e. The Hall–Kier alpha value is -0.280. The second-order valence-electron chi connectivity index (χ2n) is 5.00. The molecule has 15 heavy (non-hydrogen) atoms. The molecule has 2 saturated heterocycles. The van der Waals surface area contributed by atoms with E-state index >= 15 is 0 Å². The lowest BCUT2D eigenvalue weighted by Gasteiger charge is -2.39. The summed E-state index contributed by atoms with van der Waals surface area (Å²) in [5.74, 6) is 0.227. The first-order valence-corrected chi connectivity index (χ1v) is 6.21. The minimum absolute atomic E-state index is 0.0952. The first-order valence-electron chi connectivity index (χ1n) is 5.67. The highest BCUT2D eigenvalue weighted by Crippen LogP contribution is 2.39. The summed E-state index contributed by atoms with van der Waals surface area (Å²) < 4.78 is 0. The minimum Gasteiger partial charge on any atom is -0.342 e. The highest BCUT2D eigenvalue weighted by Gasteiger charge is 2.39. The fourth-order valence-corrected chi connectivity index (χ4v) is 3.05. The van der Waals surface area contributed by atoms with E-state index in [1.165, 1.54) is 19.5 Å². The lowest BCUT2D eigenvalue weighted by molar-refractivity contribution is -0.130. The fourth-order valence-electron chi connectivity index (χ4n) is 2.88. The number of piperidine rings is 1. The zero-order chi connectivity index (χ0) is 10.9. The molecule has 0 bridgehead atoms. The predicted octanol–water partition coefficient (Wildman–Crippen LogP) is 1.17. The average molecular weight is 231 g/mol. The maximum Gasteiger partial charge on any atom is 0.237 e. The van der Waals surface area contributed by atoms with Gasteiger partial charge in [-0.25, -0.2) is 0 Å². The molecule has 1 spiro atoms. The van der Waals surface area contributed by atoms with Crippen LogP contribution in [0.4, 0.5) is 0 Å². The van der Waals surface area contributed by atoms with Crippen LogP contribution < -0.4 is 0 Å². The van der Waals surface area contributed by atoms with Gasteiger partial charge in [-0.15, -0.1) is 11.6 Å². The minimum atomic E-state index is 0.0952. The van der Waals surface area contributed by atoms with Crippen molar-refractivity contribution in [3.63, 3.8) is 0 Å². The van der Waals surface area contributed by atoms with Crippen LogP contribution in [0, 0.1) is 5.41 Å². The van der Waals surface area contributed by atoms with Crippen molar-refractivity contribution in [3.8, 4) is 0 Å². The van der Waals surface area contributed by atoms with Crippen molar-refractivity contribution in [2.24, 2.45) is 5.41 Å². The number of hydrogen-bond acceptors (Lipinski definition) is 2. The normalized spacial score (nSPS) is 26.1. The van der Waals surface area contributed by atoms with Gasteiger partial charge in [-0.3, -0.25) is 4.79 Å². The van der Waals surface area contributed by atoms with Crippen molar-refractivity contribution < 1.29 is 4.79 Å². The van der Waals surface area contributed by atoms with Gasteiger partial charge in [0.15, 0.2) is 0 Å². The van der Waals surface area contributed by atoms with Crippen LogP contribution in [0.1, 0.15) is 19.3 Å². The molecular weight excluding hydrogens is 212 g/mol. The van der Waals surface area contributed by atoms with Gasteiger partial charge < -0.3 is 9.80 Å². The average Bonchev–Trinajstić information content (AvgIpc) is 2.60.